The molecule has 22 heavy (non-hydrogen) atoms. The van der Waals surface area contributed by atoms with Gasteiger partial charge in [-0.3, -0.25) is 9.59 Å². The molecular weight excluding hydrogens is 307 g/mol. The Morgan fingerprint density at radius 3 is 2.64 bits per heavy atom. The number of Topliss-reactive ketones (excluding diaryl/α,β-unsaturated/α-hetero) is 1. The van der Waals surface area contributed by atoms with Crippen molar-refractivity contribution in [3.63, 3.8) is 0 Å². The molecule has 2 rings (SSSR count). The van der Waals surface area contributed by atoms with E-state index >= 15 is 0 Å². The Morgan fingerprint density at radius 1 is 1.27 bits per heavy atom. The van der Waals surface area contributed by atoms with Gasteiger partial charge in [-0.15, -0.1) is 0 Å². The lowest BCUT2D eigenvalue weighted by molar-refractivity contribution is 0.0950. The van der Waals surface area contributed by atoms with E-state index in [1.165, 1.54) is 37.3 Å². The topological polar surface area (TPSA) is 72.2 Å². The minimum Gasteiger partial charge on any atom is -0.398 e. The molecule has 6 heteroatoms. The van der Waals surface area contributed by atoms with E-state index in [0.717, 1.165) is 0 Å². The number of benzene rings is 2. The van der Waals surface area contributed by atoms with Gasteiger partial charge in [0.15, 0.2) is 5.78 Å². The predicted octanol–water partition coefficient (Wildman–Crippen LogP) is 3.19. The highest BCUT2D eigenvalue weighted by Crippen LogP contribution is 2.19. The zero-order valence-electron chi connectivity index (χ0n) is 11.8. The van der Waals surface area contributed by atoms with Crippen LogP contribution in [0.5, 0.6) is 0 Å². The van der Waals surface area contributed by atoms with Crippen LogP contribution in [0.2, 0.25) is 5.02 Å². The third kappa shape index (κ3) is 3.43. The smallest absolute Gasteiger partial charge is 0.251 e. The van der Waals surface area contributed by atoms with Crippen molar-refractivity contribution in [3.05, 3.63) is 63.9 Å². The fraction of sp³-hybridized carbons (Fsp3) is 0.125. The lowest BCUT2D eigenvalue weighted by Crippen LogP contribution is -2.24. The quantitative estimate of drug-likeness (QED) is 0.671. The summed E-state index contributed by atoms with van der Waals surface area (Å²) in [5, 5.41) is 2.81. The zero-order valence-corrected chi connectivity index (χ0v) is 12.6. The average Bonchev–Trinajstić information content (AvgIpc) is 2.46. The van der Waals surface area contributed by atoms with E-state index in [9.17, 15) is 14.0 Å². The normalized spacial score (nSPS) is 10.3. The number of halogens is 2. The fourth-order valence-electron chi connectivity index (χ4n) is 1.97. The summed E-state index contributed by atoms with van der Waals surface area (Å²) in [6.45, 7) is 1.32. The molecule has 0 aliphatic carbocycles. The van der Waals surface area contributed by atoms with Crippen molar-refractivity contribution >= 4 is 29.0 Å². The molecule has 0 saturated heterocycles. The third-order valence-corrected chi connectivity index (χ3v) is 3.54. The number of hydrogen-bond acceptors (Lipinski definition) is 3. The predicted molar refractivity (Wildman–Crippen MR) is 83.4 cm³/mol. The van der Waals surface area contributed by atoms with Crippen LogP contribution in [0.15, 0.2) is 36.4 Å². The van der Waals surface area contributed by atoms with Crippen LogP contribution in [0.4, 0.5) is 10.1 Å². The van der Waals surface area contributed by atoms with Gasteiger partial charge < -0.3 is 11.1 Å². The molecule has 0 aliphatic heterocycles. The first-order valence-electron chi connectivity index (χ1n) is 6.51. The summed E-state index contributed by atoms with van der Waals surface area (Å²) in [6.07, 6.45) is 0. The van der Waals surface area contributed by atoms with Gasteiger partial charge in [0.05, 0.1) is 0 Å². The first kappa shape index (κ1) is 16.0. The van der Waals surface area contributed by atoms with Gasteiger partial charge in [-0.25, -0.2) is 4.39 Å². The van der Waals surface area contributed by atoms with Crippen LogP contribution in [-0.4, -0.2) is 11.7 Å². The van der Waals surface area contributed by atoms with Crippen molar-refractivity contribution in [3.8, 4) is 0 Å². The maximum absolute atomic E-state index is 13.6. The summed E-state index contributed by atoms with van der Waals surface area (Å²) in [5.74, 6) is -1.17. The summed E-state index contributed by atoms with van der Waals surface area (Å²) in [5.41, 5.74) is 6.74. The number of amides is 1. The summed E-state index contributed by atoms with van der Waals surface area (Å²) in [4.78, 5) is 23.5. The lowest BCUT2D eigenvalue weighted by atomic mass is 10.1. The fourth-order valence-corrected chi connectivity index (χ4v) is 2.20. The number of anilines is 1. The van der Waals surface area contributed by atoms with Crippen LogP contribution >= 0.6 is 11.6 Å². The third-order valence-electron chi connectivity index (χ3n) is 3.18. The van der Waals surface area contributed by atoms with Crippen LogP contribution in [0.3, 0.4) is 0 Å². The van der Waals surface area contributed by atoms with Gasteiger partial charge >= 0.3 is 0 Å². The highest BCUT2D eigenvalue weighted by Gasteiger charge is 2.13. The van der Waals surface area contributed by atoms with E-state index in [-0.39, 0.29) is 34.0 Å². The number of nitrogens with two attached hydrogens (primary N) is 1. The van der Waals surface area contributed by atoms with Crippen LogP contribution in [0, 0.1) is 5.82 Å². The van der Waals surface area contributed by atoms with Gasteiger partial charge in [-0.2, -0.15) is 0 Å². The Kier molecular flexibility index (Phi) is 4.78. The van der Waals surface area contributed by atoms with Crippen molar-refractivity contribution in [2.24, 2.45) is 0 Å². The van der Waals surface area contributed by atoms with Gasteiger partial charge in [0.2, 0.25) is 0 Å². The first-order chi connectivity index (χ1) is 10.4. The maximum atomic E-state index is 13.6. The van der Waals surface area contributed by atoms with E-state index in [2.05, 4.69) is 5.32 Å². The molecule has 0 fully saturated rings. The average molecular weight is 321 g/mol. The molecule has 1 amide bonds. The van der Waals surface area contributed by atoms with Crippen molar-refractivity contribution in [2.75, 3.05) is 5.73 Å². The molecule has 3 N–H and O–H groups in total. The number of ketones is 1. The van der Waals surface area contributed by atoms with E-state index in [1.54, 1.807) is 6.07 Å². The molecule has 2 aromatic rings. The Bertz CT molecular complexity index is 727. The maximum Gasteiger partial charge on any atom is 0.251 e. The van der Waals surface area contributed by atoms with Gasteiger partial charge in [-0.05, 0) is 37.3 Å². The molecule has 0 spiro atoms. The Balaban J connectivity index is 2.16. The molecule has 0 atom stereocenters. The van der Waals surface area contributed by atoms with Crippen LogP contribution < -0.4 is 11.1 Å². The molecule has 4 nitrogen and oxygen atoms in total. The molecule has 0 bridgehead atoms. The molecule has 0 radical (unpaired) electrons. The number of hydrogen-bond donors (Lipinski definition) is 2. The van der Waals surface area contributed by atoms with Crippen molar-refractivity contribution in [1.82, 2.24) is 5.32 Å². The van der Waals surface area contributed by atoms with E-state index in [1.807, 2.05) is 0 Å². The summed E-state index contributed by atoms with van der Waals surface area (Å²) in [6, 6.07) is 8.70. The van der Waals surface area contributed by atoms with E-state index in [0.29, 0.717) is 5.69 Å². The van der Waals surface area contributed by atoms with E-state index < -0.39 is 11.7 Å². The highest BCUT2D eigenvalue weighted by molar-refractivity contribution is 6.31. The molecule has 0 aliphatic rings. The second kappa shape index (κ2) is 6.58. The Morgan fingerprint density at radius 2 is 2.00 bits per heavy atom. The number of nitrogens with one attached hydrogen (secondary N) is 1. The molecule has 0 aromatic heterocycles. The SMILES string of the molecule is CC(=O)c1cc(C(=O)NCc2c(F)cccc2Cl)ccc1N. The minimum absolute atomic E-state index is 0.0515. The molecule has 0 unspecified atom stereocenters. The standard InChI is InChI=1S/C16H14ClFN2O2/c1-9(21)11-7-10(5-6-15(11)19)16(22)20-8-12-13(17)3-2-4-14(12)18/h2-7H,8,19H2,1H3,(H,20,22). The van der Waals surface area contributed by atoms with Crippen molar-refractivity contribution in [1.29, 1.82) is 0 Å². The van der Waals surface area contributed by atoms with Crippen LogP contribution in [0.25, 0.3) is 0 Å². The van der Waals surface area contributed by atoms with Crippen molar-refractivity contribution < 1.29 is 14.0 Å². The minimum atomic E-state index is -0.491. The highest BCUT2D eigenvalue weighted by atomic mass is 35.5. The van der Waals surface area contributed by atoms with E-state index in [4.69, 9.17) is 17.3 Å². The Hall–Kier alpha value is -2.40. The zero-order chi connectivity index (χ0) is 16.3. The van der Waals surface area contributed by atoms with Gasteiger partial charge in [0, 0.05) is 33.9 Å². The Labute approximate surface area is 132 Å². The molecule has 114 valence electrons. The molecule has 0 heterocycles. The molecular formula is C16H14ClFN2O2. The first-order valence-corrected chi connectivity index (χ1v) is 6.89. The largest absolute Gasteiger partial charge is 0.398 e. The van der Waals surface area contributed by atoms with Gasteiger partial charge in [0.1, 0.15) is 5.82 Å². The second-order valence-corrected chi connectivity index (χ2v) is 5.15. The monoisotopic (exact) mass is 320 g/mol. The van der Waals surface area contributed by atoms with Gasteiger partial charge in [-0.1, -0.05) is 17.7 Å². The number of carbonyl (C=O) groups excluding carboxylic acids is 2. The summed E-state index contributed by atoms with van der Waals surface area (Å²) < 4.78 is 13.6. The summed E-state index contributed by atoms with van der Waals surface area (Å²) in [7, 11) is 0. The van der Waals surface area contributed by atoms with Crippen molar-refractivity contribution in [2.45, 2.75) is 13.5 Å². The lowest BCUT2D eigenvalue weighted by Gasteiger charge is -2.09. The summed E-state index contributed by atoms with van der Waals surface area (Å²) >= 11 is 5.89. The van der Waals surface area contributed by atoms with Crippen LogP contribution in [0.1, 0.15) is 33.2 Å². The number of rotatable bonds is 4. The number of nitrogen functional groups attached to an aromatic ring is 1. The number of carbonyl (C=O) groups is 2. The van der Waals surface area contributed by atoms with Crippen LogP contribution in [-0.2, 0) is 6.54 Å². The molecule has 2 aromatic carbocycles. The second-order valence-electron chi connectivity index (χ2n) is 4.74. The van der Waals surface area contributed by atoms with Gasteiger partial charge in [0.25, 0.3) is 5.91 Å². The molecule has 0 saturated carbocycles.